The van der Waals surface area contributed by atoms with Crippen molar-refractivity contribution < 1.29 is 18.0 Å². The number of hydrogen-bond donors (Lipinski definition) is 1. The van der Waals surface area contributed by atoms with E-state index in [2.05, 4.69) is 4.72 Å². The van der Waals surface area contributed by atoms with Gasteiger partial charge in [-0.2, -0.15) is 0 Å². The fourth-order valence-electron chi connectivity index (χ4n) is 2.06. The van der Waals surface area contributed by atoms with Crippen LogP contribution >= 0.6 is 11.6 Å². The molecule has 2 amide bonds. The van der Waals surface area contributed by atoms with Crippen molar-refractivity contribution in [1.29, 1.82) is 0 Å². The zero-order valence-corrected chi connectivity index (χ0v) is 16.8. The van der Waals surface area contributed by atoms with Gasteiger partial charge >= 0.3 is 0 Å². The third-order valence-electron chi connectivity index (χ3n) is 3.45. The number of imide groups is 1. The molecule has 1 aromatic carbocycles. The Bertz CT molecular complexity index is 754. The van der Waals surface area contributed by atoms with Gasteiger partial charge in [0.25, 0.3) is 0 Å². The molecule has 0 unspecified atom stereocenters. The molecule has 0 saturated heterocycles. The predicted octanol–water partition coefficient (Wildman–Crippen LogP) is 3.34. The van der Waals surface area contributed by atoms with Crippen molar-refractivity contribution in [1.82, 2.24) is 4.72 Å². The summed E-state index contributed by atoms with van der Waals surface area (Å²) in [7, 11) is -3.75. The molecule has 0 radical (unpaired) electrons. The van der Waals surface area contributed by atoms with Crippen LogP contribution in [0.15, 0.2) is 23.1 Å². The highest BCUT2D eigenvalue weighted by atomic mass is 35.5. The molecule has 0 heterocycles. The van der Waals surface area contributed by atoms with Gasteiger partial charge < -0.3 is 0 Å². The zero-order chi connectivity index (χ0) is 19.4. The Hall–Kier alpha value is -1.44. The number of nitrogens with zero attached hydrogens (tertiary/aromatic N) is 1. The minimum absolute atomic E-state index is 0.0454. The van der Waals surface area contributed by atoms with Crippen molar-refractivity contribution in [2.24, 2.45) is 5.41 Å². The molecule has 1 aromatic rings. The minimum Gasteiger partial charge on any atom is -0.274 e. The highest BCUT2D eigenvalue weighted by molar-refractivity contribution is 7.89. The molecule has 6 nitrogen and oxygen atoms in total. The fourth-order valence-corrected chi connectivity index (χ4v) is 3.35. The zero-order valence-electron chi connectivity index (χ0n) is 15.2. The van der Waals surface area contributed by atoms with Gasteiger partial charge in [-0.25, -0.2) is 18.0 Å². The average Bonchev–Trinajstić information content (AvgIpc) is 2.48. The van der Waals surface area contributed by atoms with E-state index in [0.717, 1.165) is 11.3 Å². The number of carbonyl (C=O) groups excluding carboxylic acids is 2. The first kappa shape index (κ1) is 21.6. The molecule has 8 heteroatoms. The lowest BCUT2D eigenvalue weighted by Crippen LogP contribution is -2.42. The van der Waals surface area contributed by atoms with Gasteiger partial charge in [-0.3, -0.25) is 9.59 Å². The Morgan fingerprint density at radius 3 is 2.32 bits per heavy atom. The molecule has 0 aromatic heterocycles. The quantitative estimate of drug-likeness (QED) is 0.757. The summed E-state index contributed by atoms with van der Waals surface area (Å²) in [6.07, 6.45) is 1.56. The predicted molar refractivity (Wildman–Crippen MR) is 99.2 cm³/mol. The number of benzene rings is 1. The maximum atomic E-state index is 12.6. The van der Waals surface area contributed by atoms with Crippen molar-refractivity contribution in [3.63, 3.8) is 0 Å². The Morgan fingerprint density at radius 1 is 1.24 bits per heavy atom. The van der Waals surface area contributed by atoms with Crippen molar-refractivity contribution in [3.05, 3.63) is 23.2 Å². The number of carbonyl (C=O) groups is 2. The fraction of sp³-hybridized carbons (Fsp3) is 0.529. The number of nitrogens with one attached hydrogen (secondary N) is 1. The van der Waals surface area contributed by atoms with Crippen molar-refractivity contribution in [2.45, 2.75) is 52.4 Å². The Kier molecular flexibility index (Phi) is 7.17. The SMILES string of the molecule is CCCCNS(=O)(=O)c1ccc(Cl)c(N(C(C)=O)C(=O)C(C)(C)C)c1. The van der Waals surface area contributed by atoms with Gasteiger partial charge in [-0.15, -0.1) is 0 Å². The first-order valence-electron chi connectivity index (χ1n) is 8.06. The minimum atomic E-state index is -3.75. The molecule has 1 N–H and O–H groups in total. The molecule has 0 aliphatic rings. The molecule has 0 aliphatic carbocycles. The first-order chi connectivity index (χ1) is 11.4. The van der Waals surface area contributed by atoms with Crippen LogP contribution in [0.1, 0.15) is 47.5 Å². The van der Waals surface area contributed by atoms with Gasteiger partial charge in [0.1, 0.15) is 0 Å². The van der Waals surface area contributed by atoms with E-state index in [1.807, 2.05) is 6.92 Å². The van der Waals surface area contributed by atoms with Gasteiger partial charge in [0, 0.05) is 18.9 Å². The van der Waals surface area contributed by atoms with E-state index in [0.29, 0.717) is 13.0 Å². The summed E-state index contributed by atoms with van der Waals surface area (Å²) < 4.78 is 27.3. The van der Waals surface area contributed by atoms with Crippen LogP contribution in [-0.2, 0) is 19.6 Å². The Labute approximate surface area is 154 Å². The molecular weight excluding hydrogens is 364 g/mol. The molecular formula is C17H25ClN2O4S. The van der Waals surface area contributed by atoms with E-state index < -0.39 is 27.3 Å². The smallest absolute Gasteiger partial charge is 0.240 e. The van der Waals surface area contributed by atoms with Gasteiger partial charge in [-0.1, -0.05) is 45.7 Å². The van der Waals surface area contributed by atoms with E-state index in [-0.39, 0.29) is 15.6 Å². The maximum absolute atomic E-state index is 12.6. The van der Waals surface area contributed by atoms with Crippen molar-refractivity contribution in [3.8, 4) is 0 Å². The number of anilines is 1. The molecule has 0 aliphatic heterocycles. The number of amides is 2. The summed E-state index contributed by atoms with van der Waals surface area (Å²) in [5, 5.41) is 0.125. The van der Waals surface area contributed by atoms with E-state index in [1.165, 1.54) is 25.1 Å². The highest BCUT2D eigenvalue weighted by Crippen LogP contribution is 2.32. The maximum Gasteiger partial charge on any atom is 0.240 e. The second-order valence-electron chi connectivity index (χ2n) is 6.77. The standard InChI is InChI=1S/C17H25ClN2O4S/c1-6-7-10-19-25(23,24)13-8-9-14(18)15(11-13)20(12(2)21)16(22)17(3,4)5/h8-9,11,19H,6-7,10H2,1-5H3. The summed E-state index contributed by atoms with van der Waals surface area (Å²) >= 11 is 6.14. The summed E-state index contributed by atoms with van der Waals surface area (Å²) in [5.41, 5.74) is -0.768. The second-order valence-corrected chi connectivity index (χ2v) is 8.95. The topological polar surface area (TPSA) is 83.6 Å². The van der Waals surface area contributed by atoms with Crippen molar-refractivity contribution >= 4 is 39.1 Å². The first-order valence-corrected chi connectivity index (χ1v) is 9.92. The van der Waals surface area contributed by atoms with Gasteiger partial charge in [0.15, 0.2) is 0 Å². The lowest BCUT2D eigenvalue weighted by atomic mass is 9.94. The van der Waals surface area contributed by atoms with Crippen LogP contribution in [0.2, 0.25) is 5.02 Å². The number of sulfonamides is 1. The van der Waals surface area contributed by atoms with E-state index in [4.69, 9.17) is 11.6 Å². The molecule has 140 valence electrons. The lowest BCUT2D eigenvalue weighted by molar-refractivity contribution is -0.130. The van der Waals surface area contributed by atoms with Gasteiger partial charge in [-0.05, 0) is 24.6 Å². The lowest BCUT2D eigenvalue weighted by Gasteiger charge is -2.28. The number of rotatable bonds is 6. The molecule has 0 spiro atoms. The van der Waals surface area contributed by atoms with Crippen molar-refractivity contribution in [2.75, 3.05) is 11.4 Å². The summed E-state index contributed by atoms with van der Waals surface area (Å²) in [6, 6.07) is 3.97. The molecule has 1 rings (SSSR count). The summed E-state index contributed by atoms with van der Waals surface area (Å²) in [4.78, 5) is 25.5. The van der Waals surface area contributed by atoms with Gasteiger partial charge in [0.05, 0.1) is 15.6 Å². The summed E-state index contributed by atoms with van der Waals surface area (Å²) in [6.45, 7) is 8.52. The van der Waals surface area contributed by atoms with E-state index >= 15 is 0 Å². The Morgan fingerprint density at radius 2 is 1.84 bits per heavy atom. The third-order valence-corrected chi connectivity index (χ3v) is 5.23. The molecule has 0 atom stereocenters. The molecule has 25 heavy (non-hydrogen) atoms. The van der Waals surface area contributed by atoms with Crippen LogP contribution in [0, 0.1) is 5.41 Å². The number of unbranched alkanes of at least 4 members (excludes halogenated alkanes) is 1. The van der Waals surface area contributed by atoms with E-state index in [1.54, 1.807) is 20.8 Å². The molecule has 0 saturated carbocycles. The third kappa shape index (κ3) is 5.52. The van der Waals surface area contributed by atoms with Crippen LogP contribution in [0.3, 0.4) is 0 Å². The monoisotopic (exact) mass is 388 g/mol. The number of hydrogen-bond acceptors (Lipinski definition) is 4. The number of halogens is 1. The van der Waals surface area contributed by atoms with Crippen LogP contribution < -0.4 is 9.62 Å². The van der Waals surface area contributed by atoms with Crippen LogP contribution in [0.4, 0.5) is 5.69 Å². The molecule has 0 bridgehead atoms. The Balaban J connectivity index is 3.36. The van der Waals surface area contributed by atoms with Crippen LogP contribution in [0.5, 0.6) is 0 Å². The van der Waals surface area contributed by atoms with Crippen LogP contribution in [-0.4, -0.2) is 26.8 Å². The van der Waals surface area contributed by atoms with E-state index in [9.17, 15) is 18.0 Å². The largest absolute Gasteiger partial charge is 0.274 e. The highest BCUT2D eigenvalue weighted by Gasteiger charge is 2.32. The van der Waals surface area contributed by atoms with Gasteiger partial charge in [0.2, 0.25) is 21.8 Å². The second kappa shape index (κ2) is 8.29. The molecule has 0 fully saturated rings. The average molecular weight is 389 g/mol. The van der Waals surface area contributed by atoms with Crippen LogP contribution in [0.25, 0.3) is 0 Å². The normalized spacial score (nSPS) is 12.1. The summed E-state index contributed by atoms with van der Waals surface area (Å²) in [5.74, 6) is -0.995.